The Morgan fingerprint density at radius 2 is 1.68 bits per heavy atom. The number of benzene rings is 2. The molecule has 0 amide bonds. The predicted octanol–water partition coefficient (Wildman–Crippen LogP) is -0.760. The van der Waals surface area contributed by atoms with Crippen LogP contribution < -0.4 is 19.1 Å². The average Bonchev–Trinajstić information content (AvgIpc) is 2.84. The van der Waals surface area contributed by atoms with Crippen LogP contribution in [-0.4, -0.2) is 88.0 Å². The average molecular weight is 558 g/mol. The summed E-state index contributed by atoms with van der Waals surface area (Å²) >= 11 is 0. The first-order valence-corrected chi connectivity index (χ1v) is 12.1. The number of ether oxygens (including phenoxy) is 3. The molecule has 1 aromatic heterocycles. The van der Waals surface area contributed by atoms with Gasteiger partial charge in [0.2, 0.25) is 12.0 Å². The molecule has 3 aromatic rings. The van der Waals surface area contributed by atoms with Crippen LogP contribution in [0.3, 0.4) is 0 Å². The smallest absolute Gasteiger partial charge is 0.446 e. The fourth-order valence-electron chi connectivity index (χ4n) is 3.83. The van der Waals surface area contributed by atoms with Crippen LogP contribution in [-0.2, 0) is 15.1 Å². The maximum Gasteiger partial charge on any atom is 0.446 e. The molecule has 2 heterocycles. The molecule has 5 atom stereocenters. The van der Waals surface area contributed by atoms with Gasteiger partial charge in [-0.15, -0.1) is 0 Å². The summed E-state index contributed by atoms with van der Waals surface area (Å²) in [6.07, 6.45) is -8.54. The van der Waals surface area contributed by atoms with E-state index in [2.05, 4.69) is 4.18 Å². The van der Waals surface area contributed by atoms with Gasteiger partial charge in [-0.2, -0.15) is 8.42 Å². The van der Waals surface area contributed by atoms with E-state index in [1.807, 2.05) is 0 Å². The second kappa shape index (κ2) is 10.3. The molecule has 0 spiro atoms. The van der Waals surface area contributed by atoms with Crippen molar-refractivity contribution in [1.82, 2.24) is 0 Å². The Labute approximate surface area is 213 Å². The van der Waals surface area contributed by atoms with Crippen LogP contribution >= 0.6 is 0 Å². The molecule has 38 heavy (non-hydrogen) atoms. The highest BCUT2D eigenvalue weighted by molar-refractivity contribution is 7.81. The third kappa shape index (κ3) is 5.18. The van der Waals surface area contributed by atoms with Gasteiger partial charge in [0.1, 0.15) is 41.3 Å². The Hall–Kier alpha value is -3.64. The van der Waals surface area contributed by atoms with E-state index in [4.69, 9.17) is 23.2 Å². The van der Waals surface area contributed by atoms with Crippen molar-refractivity contribution < 1.29 is 66.4 Å². The summed E-state index contributed by atoms with van der Waals surface area (Å²) in [5.41, 5.74) is -1.37. The summed E-state index contributed by atoms with van der Waals surface area (Å²) in [5.74, 6) is -2.93. The molecule has 206 valence electrons. The van der Waals surface area contributed by atoms with Crippen molar-refractivity contribution in [2.45, 2.75) is 30.7 Å². The summed E-state index contributed by atoms with van der Waals surface area (Å²) in [6.45, 7) is -0.766. The van der Waals surface area contributed by atoms with Gasteiger partial charge in [-0.3, -0.25) is 9.35 Å². The minimum atomic E-state index is -4.96. The van der Waals surface area contributed by atoms with Crippen LogP contribution in [0.1, 0.15) is 0 Å². The Morgan fingerprint density at radius 1 is 0.974 bits per heavy atom. The van der Waals surface area contributed by atoms with Gasteiger partial charge >= 0.3 is 10.4 Å². The third-order valence-corrected chi connectivity index (χ3v) is 6.03. The third-order valence-electron chi connectivity index (χ3n) is 5.64. The van der Waals surface area contributed by atoms with Crippen molar-refractivity contribution in [3.05, 3.63) is 40.6 Å². The molecular formula is C22H22O15S. The number of rotatable bonds is 7. The fraction of sp³-hybridized carbons (Fsp3) is 0.318. The quantitative estimate of drug-likeness (QED) is 0.176. The number of hydrogen-bond acceptors (Lipinski definition) is 14. The standard InChI is InChI=1S/C22H22O15S/c1-33-12-3-2-8(4-14(12)37-38(30,31)32)13-6-10(25)16-9(24)5-11(26)20(21(16)34-13)36-22-19(29)18(28)17(27)15(7-23)35-22/h2-6,15,17-19,22-24,26-29H,7H2,1H3,(H,30,31,32). The second-order valence-corrected chi connectivity index (χ2v) is 9.14. The number of methoxy groups -OCH3 is 1. The maximum atomic E-state index is 12.9. The van der Waals surface area contributed by atoms with Gasteiger partial charge in [0.15, 0.2) is 28.3 Å². The first kappa shape index (κ1) is 27.4. The molecule has 1 saturated heterocycles. The van der Waals surface area contributed by atoms with Crippen LogP contribution in [0.5, 0.6) is 28.7 Å². The number of phenols is 2. The lowest BCUT2D eigenvalue weighted by Gasteiger charge is -2.39. The summed E-state index contributed by atoms with van der Waals surface area (Å²) in [7, 11) is -3.75. The molecule has 1 aliphatic rings. The largest absolute Gasteiger partial charge is 0.507 e. The molecule has 0 saturated carbocycles. The van der Waals surface area contributed by atoms with E-state index >= 15 is 0 Å². The Balaban J connectivity index is 1.85. The van der Waals surface area contributed by atoms with E-state index in [-0.39, 0.29) is 17.1 Å². The zero-order chi connectivity index (χ0) is 27.9. The molecule has 1 fully saturated rings. The van der Waals surface area contributed by atoms with Crippen LogP contribution in [0.2, 0.25) is 0 Å². The van der Waals surface area contributed by atoms with Gasteiger partial charge in [0.05, 0.1) is 13.7 Å². The summed E-state index contributed by atoms with van der Waals surface area (Å²) in [6, 6.07) is 5.31. The molecule has 1 aliphatic heterocycles. The highest BCUT2D eigenvalue weighted by Gasteiger charge is 2.45. The fourth-order valence-corrected chi connectivity index (χ4v) is 4.18. The molecule has 0 radical (unpaired) electrons. The number of hydrogen-bond donors (Lipinski definition) is 7. The zero-order valence-electron chi connectivity index (χ0n) is 19.3. The van der Waals surface area contributed by atoms with Crippen molar-refractivity contribution in [3.63, 3.8) is 0 Å². The predicted molar refractivity (Wildman–Crippen MR) is 124 cm³/mol. The monoisotopic (exact) mass is 558 g/mol. The van der Waals surface area contributed by atoms with E-state index in [9.17, 15) is 43.9 Å². The maximum absolute atomic E-state index is 12.9. The van der Waals surface area contributed by atoms with Gasteiger partial charge in [-0.1, -0.05) is 0 Å². The Kier molecular flexibility index (Phi) is 7.39. The Morgan fingerprint density at radius 3 is 2.32 bits per heavy atom. The molecule has 16 heteroatoms. The zero-order valence-corrected chi connectivity index (χ0v) is 20.1. The van der Waals surface area contributed by atoms with Crippen molar-refractivity contribution in [2.24, 2.45) is 0 Å². The number of fused-ring (bicyclic) bond motifs is 1. The molecule has 0 bridgehead atoms. The van der Waals surface area contributed by atoms with E-state index in [0.717, 1.165) is 18.2 Å². The van der Waals surface area contributed by atoms with Gasteiger partial charge in [0, 0.05) is 17.7 Å². The van der Waals surface area contributed by atoms with Crippen molar-refractivity contribution >= 4 is 21.4 Å². The lowest BCUT2D eigenvalue weighted by molar-refractivity contribution is -0.277. The molecule has 4 rings (SSSR count). The van der Waals surface area contributed by atoms with E-state index < -0.39 is 87.1 Å². The molecular weight excluding hydrogens is 536 g/mol. The highest BCUT2D eigenvalue weighted by atomic mass is 32.3. The second-order valence-electron chi connectivity index (χ2n) is 8.11. The van der Waals surface area contributed by atoms with E-state index in [1.54, 1.807) is 0 Å². The van der Waals surface area contributed by atoms with E-state index in [1.165, 1.54) is 19.2 Å². The summed E-state index contributed by atoms with van der Waals surface area (Å²) in [5, 5.41) is 60.0. The first-order chi connectivity index (χ1) is 17.8. The van der Waals surface area contributed by atoms with Gasteiger partial charge in [0.25, 0.3) is 0 Å². The van der Waals surface area contributed by atoms with Crippen molar-refractivity contribution in [3.8, 4) is 40.1 Å². The topological polar surface area (TPSA) is 243 Å². The van der Waals surface area contributed by atoms with Crippen LogP contribution in [0.25, 0.3) is 22.3 Å². The minimum absolute atomic E-state index is 0.0186. The van der Waals surface area contributed by atoms with Gasteiger partial charge in [-0.05, 0) is 18.2 Å². The molecule has 2 aromatic carbocycles. The molecule has 15 nitrogen and oxygen atoms in total. The first-order valence-electron chi connectivity index (χ1n) is 10.7. The number of aliphatic hydroxyl groups excluding tert-OH is 4. The highest BCUT2D eigenvalue weighted by Crippen LogP contribution is 2.42. The van der Waals surface area contributed by atoms with Gasteiger partial charge < -0.3 is 53.4 Å². The molecule has 7 N–H and O–H groups in total. The van der Waals surface area contributed by atoms with Gasteiger partial charge in [-0.25, -0.2) is 0 Å². The molecule has 5 unspecified atom stereocenters. The number of aromatic hydroxyl groups is 2. The van der Waals surface area contributed by atoms with Crippen LogP contribution in [0.15, 0.2) is 39.5 Å². The lowest BCUT2D eigenvalue weighted by atomic mass is 9.99. The Bertz CT molecular complexity index is 1510. The summed E-state index contributed by atoms with van der Waals surface area (Å²) < 4.78 is 57.4. The normalized spacial score (nSPS) is 23.8. The number of aliphatic hydroxyl groups is 4. The minimum Gasteiger partial charge on any atom is -0.507 e. The summed E-state index contributed by atoms with van der Waals surface area (Å²) in [4.78, 5) is 12.9. The lowest BCUT2D eigenvalue weighted by Crippen LogP contribution is -2.60. The van der Waals surface area contributed by atoms with Crippen molar-refractivity contribution in [1.29, 1.82) is 0 Å². The van der Waals surface area contributed by atoms with E-state index in [0.29, 0.717) is 0 Å². The number of phenolic OH excluding ortho intramolecular Hbond substituents is 2. The van der Waals surface area contributed by atoms with Crippen LogP contribution in [0.4, 0.5) is 0 Å². The van der Waals surface area contributed by atoms with Crippen molar-refractivity contribution in [2.75, 3.05) is 13.7 Å². The SMILES string of the molecule is COc1ccc(-c2cc(=O)c3c(O)cc(O)c(OC4OC(CO)C(O)C(O)C4O)c3o2)cc1OS(=O)(=O)O. The molecule has 0 aliphatic carbocycles. The van der Waals surface area contributed by atoms with Crippen LogP contribution in [0, 0.1) is 0 Å².